The molecule has 1 saturated heterocycles. The second-order valence-corrected chi connectivity index (χ2v) is 6.42. The minimum absolute atomic E-state index is 0.0820. The number of aromatic nitrogens is 2. The number of amides is 1. The largest absolute Gasteiger partial charge is 0.377 e. The van der Waals surface area contributed by atoms with Crippen molar-refractivity contribution < 1.29 is 9.53 Å². The first kappa shape index (κ1) is 13.6. The zero-order chi connectivity index (χ0) is 14.5. The topological polar surface area (TPSA) is 82.2 Å². The molecule has 3 unspecified atom stereocenters. The Morgan fingerprint density at radius 3 is 3.00 bits per heavy atom. The number of aryl methyl sites for hydroxylation is 1. The third-order valence-corrected chi connectivity index (χ3v) is 5.12. The highest BCUT2D eigenvalue weighted by Gasteiger charge is 2.70. The number of anilines is 1. The van der Waals surface area contributed by atoms with Gasteiger partial charge in [-0.05, 0) is 12.8 Å². The minimum Gasteiger partial charge on any atom is -0.377 e. The van der Waals surface area contributed by atoms with E-state index in [0.717, 1.165) is 19.4 Å². The number of nitrogens with zero attached hydrogens (tertiary/aromatic N) is 2. The quantitative estimate of drug-likeness (QED) is 0.841. The lowest BCUT2D eigenvalue weighted by molar-refractivity contribution is -0.222. The number of carbonyl (C=O) groups is 1. The smallest absolute Gasteiger partial charge is 0.246 e. The third-order valence-electron chi connectivity index (χ3n) is 5.12. The van der Waals surface area contributed by atoms with Crippen molar-refractivity contribution in [3.8, 4) is 0 Å². The second-order valence-electron chi connectivity index (χ2n) is 6.42. The molecule has 1 saturated carbocycles. The van der Waals surface area contributed by atoms with Crippen LogP contribution in [0.2, 0.25) is 0 Å². The highest BCUT2D eigenvalue weighted by molar-refractivity contribution is 5.99. The van der Waals surface area contributed by atoms with Crippen LogP contribution in [0.4, 0.5) is 5.82 Å². The van der Waals surface area contributed by atoms with E-state index in [1.807, 2.05) is 13.8 Å². The maximum Gasteiger partial charge on any atom is 0.246 e. The standard InChI is InChI=1S/C14H22N4O2/c1-13(2)11-9(5-4-8-20-11)14(13,15)12(19)17-10-6-7-16-18(10)3/h6-7,9,11H,4-5,8,15H2,1-3H3,(H,17,19). The Balaban J connectivity index is 1.84. The summed E-state index contributed by atoms with van der Waals surface area (Å²) < 4.78 is 7.45. The van der Waals surface area contributed by atoms with E-state index >= 15 is 0 Å². The average molecular weight is 278 g/mol. The Morgan fingerprint density at radius 1 is 1.60 bits per heavy atom. The first-order valence-electron chi connectivity index (χ1n) is 7.09. The predicted molar refractivity (Wildman–Crippen MR) is 75.0 cm³/mol. The van der Waals surface area contributed by atoms with Gasteiger partial charge in [-0.1, -0.05) is 13.8 Å². The van der Waals surface area contributed by atoms with Crippen LogP contribution in [0.3, 0.4) is 0 Å². The molecule has 20 heavy (non-hydrogen) atoms. The number of fused-ring (bicyclic) bond motifs is 1. The first-order valence-corrected chi connectivity index (χ1v) is 7.09. The van der Waals surface area contributed by atoms with Crippen molar-refractivity contribution in [3.05, 3.63) is 12.3 Å². The molecule has 2 heterocycles. The van der Waals surface area contributed by atoms with E-state index in [2.05, 4.69) is 10.4 Å². The molecule has 0 bridgehead atoms. The minimum atomic E-state index is -0.887. The zero-order valence-corrected chi connectivity index (χ0v) is 12.2. The van der Waals surface area contributed by atoms with E-state index in [-0.39, 0.29) is 23.3 Å². The lowest BCUT2D eigenvalue weighted by Crippen LogP contribution is -2.81. The van der Waals surface area contributed by atoms with E-state index < -0.39 is 5.54 Å². The Kier molecular flexibility index (Phi) is 2.92. The van der Waals surface area contributed by atoms with Crippen LogP contribution in [0.15, 0.2) is 12.3 Å². The van der Waals surface area contributed by atoms with E-state index in [1.165, 1.54) is 0 Å². The molecule has 2 fully saturated rings. The van der Waals surface area contributed by atoms with Crippen LogP contribution in [0.25, 0.3) is 0 Å². The molecular weight excluding hydrogens is 256 g/mol. The summed E-state index contributed by atoms with van der Waals surface area (Å²) in [7, 11) is 1.79. The summed E-state index contributed by atoms with van der Waals surface area (Å²) in [6, 6.07) is 1.77. The maximum atomic E-state index is 12.7. The van der Waals surface area contributed by atoms with Gasteiger partial charge in [-0.3, -0.25) is 9.48 Å². The molecule has 3 N–H and O–H groups in total. The van der Waals surface area contributed by atoms with Gasteiger partial charge >= 0.3 is 0 Å². The van der Waals surface area contributed by atoms with Gasteiger partial charge in [0.25, 0.3) is 0 Å². The zero-order valence-electron chi connectivity index (χ0n) is 12.2. The molecule has 0 aromatic carbocycles. The first-order chi connectivity index (χ1) is 9.39. The van der Waals surface area contributed by atoms with Gasteiger partial charge in [0.2, 0.25) is 5.91 Å². The van der Waals surface area contributed by atoms with Crippen LogP contribution in [0, 0.1) is 11.3 Å². The van der Waals surface area contributed by atoms with Crippen molar-refractivity contribution in [2.45, 2.75) is 38.3 Å². The molecule has 6 nitrogen and oxygen atoms in total. The van der Waals surface area contributed by atoms with Gasteiger partial charge in [0.15, 0.2) is 0 Å². The van der Waals surface area contributed by atoms with E-state index in [4.69, 9.17) is 10.5 Å². The van der Waals surface area contributed by atoms with Crippen molar-refractivity contribution in [1.82, 2.24) is 9.78 Å². The molecular formula is C14H22N4O2. The molecule has 0 spiro atoms. The monoisotopic (exact) mass is 278 g/mol. The fourth-order valence-corrected chi connectivity index (χ4v) is 3.75. The molecule has 0 radical (unpaired) electrons. The number of nitrogens with one attached hydrogen (secondary N) is 1. The maximum absolute atomic E-state index is 12.7. The van der Waals surface area contributed by atoms with Crippen LogP contribution in [0.5, 0.6) is 0 Å². The fourth-order valence-electron chi connectivity index (χ4n) is 3.75. The van der Waals surface area contributed by atoms with Gasteiger partial charge < -0.3 is 15.8 Å². The average Bonchev–Trinajstić information content (AvgIpc) is 2.83. The van der Waals surface area contributed by atoms with Gasteiger partial charge in [0.1, 0.15) is 11.4 Å². The fraction of sp³-hybridized carbons (Fsp3) is 0.714. The molecule has 3 rings (SSSR count). The summed E-state index contributed by atoms with van der Waals surface area (Å²) in [6.07, 6.45) is 3.65. The van der Waals surface area contributed by atoms with Crippen LogP contribution >= 0.6 is 0 Å². The molecule has 1 aliphatic carbocycles. The summed E-state index contributed by atoms with van der Waals surface area (Å²) in [4.78, 5) is 12.7. The summed E-state index contributed by atoms with van der Waals surface area (Å²) in [5.74, 6) is 0.619. The summed E-state index contributed by atoms with van der Waals surface area (Å²) >= 11 is 0. The van der Waals surface area contributed by atoms with Crippen LogP contribution in [-0.4, -0.2) is 33.9 Å². The highest BCUT2D eigenvalue weighted by Crippen LogP contribution is 2.57. The number of hydrogen-bond donors (Lipinski definition) is 2. The lowest BCUT2D eigenvalue weighted by Gasteiger charge is -2.65. The van der Waals surface area contributed by atoms with Crippen LogP contribution in [0.1, 0.15) is 26.7 Å². The third kappa shape index (κ3) is 1.58. The highest BCUT2D eigenvalue weighted by atomic mass is 16.5. The predicted octanol–water partition coefficient (Wildman–Crippen LogP) is 0.891. The number of rotatable bonds is 2. The van der Waals surface area contributed by atoms with E-state index in [9.17, 15) is 4.79 Å². The molecule has 1 amide bonds. The van der Waals surface area contributed by atoms with Crippen molar-refractivity contribution in [1.29, 1.82) is 0 Å². The molecule has 1 aliphatic heterocycles. The van der Waals surface area contributed by atoms with Gasteiger partial charge in [0.05, 0.1) is 12.3 Å². The Bertz CT molecular complexity index is 539. The SMILES string of the molecule is Cn1nccc1NC(=O)C1(N)C2CCCOC2C1(C)C. The summed E-state index contributed by atoms with van der Waals surface area (Å²) in [5.41, 5.74) is 5.28. The normalized spacial score (nSPS) is 35.0. The van der Waals surface area contributed by atoms with Crippen LogP contribution in [-0.2, 0) is 16.6 Å². The van der Waals surface area contributed by atoms with E-state index in [1.54, 1.807) is 24.0 Å². The molecule has 3 atom stereocenters. The van der Waals surface area contributed by atoms with Crippen LogP contribution < -0.4 is 11.1 Å². The van der Waals surface area contributed by atoms with Crippen molar-refractivity contribution in [2.24, 2.45) is 24.1 Å². The molecule has 1 aromatic rings. The van der Waals surface area contributed by atoms with Gasteiger partial charge in [-0.2, -0.15) is 5.10 Å². The van der Waals surface area contributed by atoms with Crippen molar-refractivity contribution in [3.63, 3.8) is 0 Å². The summed E-state index contributed by atoms with van der Waals surface area (Å²) in [6.45, 7) is 4.80. The van der Waals surface area contributed by atoms with Gasteiger partial charge in [-0.15, -0.1) is 0 Å². The number of carbonyl (C=O) groups excluding carboxylic acids is 1. The number of nitrogens with two attached hydrogens (primary N) is 1. The van der Waals surface area contributed by atoms with Gasteiger partial charge in [-0.25, -0.2) is 0 Å². The number of hydrogen-bond acceptors (Lipinski definition) is 4. The molecule has 6 heteroatoms. The lowest BCUT2D eigenvalue weighted by atomic mass is 9.46. The number of ether oxygens (including phenoxy) is 1. The Labute approximate surface area is 118 Å². The van der Waals surface area contributed by atoms with Crippen molar-refractivity contribution >= 4 is 11.7 Å². The van der Waals surface area contributed by atoms with Crippen molar-refractivity contribution in [2.75, 3.05) is 11.9 Å². The molecule has 2 aliphatic rings. The Hall–Kier alpha value is -1.40. The second kappa shape index (κ2) is 4.30. The molecule has 110 valence electrons. The van der Waals surface area contributed by atoms with E-state index in [0.29, 0.717) is 5.82 Å². The molecule has 1 aromatic heterocycles. The van der Waals surface area contributed by atoms with Gasteiger partial charge in [0, 0.05) is 31.1 Å². The Morgan fingerprint density at radius 2 is 2.35 bits per heavy atom. The summed E-state index contributed by atoms with van der Waals surface area (Å²) in [5, 5.41) is 6.95.